The number of H-pyrrole nitrogens is 3. The summed E-state index contributed by atoms with van der Waals surface area (Å²) >= 11 is 0. The molecular weight excluding hydrogens is 677 g/mol. The maximum Gasteiger partial charge on any atom is 0.321 e. The van der Waals surface area contributed by atoms with Gasteiger partial charge >= 0.3 is 5.97 Å². The maximum atomic E-state index is 14.3. The van der Waals surface area contributed by atoms with Crippen molar-refractivity contribution >= 4 is 41.6 Å². The fourth-order valence-electron chi connectivity index (χ4n) is 8.60. The van der Waals surface area contributed by atoms with Crippen molar-refractivity contribution < 1.29 is 24.2 Å². The predicted octanol–water partition coefficient (Wildman–Crippen LogP) is 7.25. The number of esters is 1. The molecule has 3 aromatic heterocycles. The highest BCUT2D eigenvalue weighted by Gasteiger charge is 2.48. The molecule has 1 unspecified atom stereocenters. The first-order chi connectivity index (χ1) is 25.8. The molecule has 288 valence electrons. The molecule has 5 heterocycles. The van der Waals surface area contributed by atoms with Crippen LogP contribution >= 0.6 is 0 Å². The van der Waals surface area contributed by atoms with Gasteiger partial charge in [0.05, 0.1) is 19.4 Å². The fourth-order valence-corrected chi connectivity index (χ4v) is 8.60. The number of ether oxygens (including phenoxy) is 2. The smallest absolute Gasteiger partial charge is 0.321 e. The molecule has 1 fully saturated rings. The van der Waals surface area contributed by atoms with Gasteiger partial charge in [-0.05, 0) is 106 Å². The molecule has 1 saturated heterocycles. The van der Waals surface area contributed by atoms with Crippen LogP contribution in [0.1, 0.15) is 128 Å². The van der Waals surface area contributed by atoms with Gasteiger partial charge in [0.15, 0.2) is 12.1 Å². The van der Waals surface area contributed by atoms with Crippen LogP contribution in [0.5, 0.6) is 0 Å². The van der Waals surface area contributed by atoms with Crippen LogP contribution in [-0.4, -0.2) is 51.8 Å². The molecule has 8 bridgehead atoms. The van der Waals surface area contributed by atoms with E-state index in [0.717, 1.165) is 80.7 Å². The average molecular weight is 735 g/mol. The van der Waals surface area contributed by atoms with Gasteiger partial charge in [-0.2, -0.15) is 0 Å². The van der Waals surface area contributed by atoms with Crippen LogP contribution in [0.4, 0.5) is 0 Å². The van der Waals surface area contributed by atoms with E-state index in [0.29, 0.717) is 42.2 Å². The van der Waals surface area contributed by atoms with E-state index >= 15 is 0 Å². The molecule has 0 amide bonds. The Hall–Kier alpha value is -4.60. The largest absolute Gasteiger partial charge is 0.468 e. The number of hydrogen-bond acceptors (Lipinski definition) is 6. The van der Waals surface area contributed by atoms with Gasteiger partial charge in [0.1, 0.15) is 5.92 Å². The van der Waals surface area contributed by atoms with Crippen molar-refractivity contribution in [3.63, 3.8) is 0 Å². The molecule has 3 aliphatic rings. The monoisotopic (exact) mass is 734 g/mol. The Morgan fingerprint density at radius 3 is 2.41 bits per heavy atom. The highest BCUT2D eigenvalue weighted by atomic mass is 16.6. The van der Waals surface area contributed by atoms with Crippen molar-refractivity contribution in [2.24, 2.45) is 23.7 Å². The molecule has 9 heteroatoms. The van der Waals surface area contributed by atoms with E-state index < -0.39 is 18.2 Å². The molecule has 3 aromatic rings. The van der Waals surface area contributed by atoms with Crippen LogP contribution in [0.15, 0.2) is 29.6 Å². The van der Waals surface area contributed by atoms with Crippen molar-refractivity contribution in [3.05, 3.63) is 96.5 Å². The lowest BCUT2D eigenvalue weighted by molar-refractivity contribution is -0.141. The number of fused-ring (bicyclic) bond motifs is 7. The van der Waals surface area contributed by atoms with Gasteiger partial charge in [0.2, 0.25) is 0 Å². The summed E-state index contributed by atoms with van der Waals surface area (Å²) in [6.07, 6.45) is 14.4. The van der Waals surface area contributed by atoms with Gasteiger partial charge in [-0.1, -0.05) is 58.4 Å². The minimum Gasteiger partial charge on any atom is -0.468 e. The van der Waals surface area contributed by atoms with E-state index in [1.807, 2.05) is 13.0 Å². The molecule has 6 rings (SSSR count). The second kappa shape index (κ2) is 16.0. The number of Topliss-reactive ketones (excluding diaryl/α,β-unsaturated/α-hetero) is 1. The Kier molecular flexibility index (Phi) is 11.6. The zero-order valence-electron chi connectivity index (χ0n) is 33.5. The number of aromatic nitrogens is 3. The lowest BCUT2D eigenvalue weighted by atomic mass is 9.85. The summed E-state index contributed by atoms with van der Waals surface area (Å²) in [7, 11) is 1.33. The minimum absolute atomic E-state index is 0.0415. The Labute approximate surface area is 319 Å². The molecule has 9 nitrogen and oxygen atoms in total. The van der Waals surface area contributed by atoms with E-state index in [1.165, 1.54) is 24.7 Å². The van der Waals surface area contributed by atoms with Crippen LogP contribution in [0.2, 0.25) is 0 Å². The topological polar surface area (TPSA) is 132 Å². The number of aromatic amines is 3. The Balaban J connectivity index is 1.47. The van der Waals surface area contributed by atoms with Crippen LogP contribution < -0.4 is 16.0 Å². The third-order valence-electron chi connectivity index (χ3n) is 11.9. The lowest BCUT2D eigenvalue weighted by Crippen LogP contribution is -2.25. The zero-order chi connectivity index (χ0) is 39.0. The Morgan fingerprint density at radius 2 is 1.72 bits per heavy atom. The molecule has 1 aliphatic carbocycles. The van der Waals surface area contributed by atoms with E-state index in [2.05, 4.69) is 99.6 Å². The number of rotatable bonds is 13. The summed E-state index contributed by atoms with van der Waals surface area (Å²) in [6, 6.07) is 0. The summed E-state index contributed by atoms with van der Waals surface area (Å²) < 4.78 is 11.2. The van der Waals surface area contributed by atoms with Gasteiger partial charge in [0, 0.05) is 67.7 Å². The fraction of sp³-hybridized carbons (Fsp3) is 0.467. The number of carbonyl (C=O) groups excluding carboxylic acids is 2. The molecule has 54 heavy (non-hydrogen) atoms. The normalized spacial score (nSPS) is 23.4. The summed E-state index contributed by atoms with van der Waals surface area (Å²) in [6.45, 7) is 21.5. The highest BCUT2D eigenvalue weighted by molar-refractivity contribution is 6.24. The maximum absolute atomic E-state index is 14.3. The Bertz CT molecular complexity index is 2180. The van der Waals surface area contributed by atoms with E-state index in [1.54, 1.807) is 0 Å². The summed E-state index contributed by atoms with van der Waals surface area (Å²) in [4.78, 5) is 38.8. The second-order valence-electron chi connectivity index (χ2n) is 15.8. The van der Waals surface area contributed by atoms with Crippen molar-refractivity contribution in [1.29, 1.82) is 0 Å². The van der Waals surface area contributed by atoms with Crippen LogP contribution in [-0.2, 0) is 20.7 Å². The summed E-state index contributed by atoms with van der Waals surface area (Å²) in [5.41, 5.74) is 12.7. The van der Waals surface area contributed by atoms with Gasteiger partial charge in [-0.3, -0.25) is 9.59 Å². The first-order valence-corrected chi connectivity index (χ1v) is 19.6. The molecule has 4 atom stereocenters. The number of nitrogens with one attached hydrogen (secondary N) is 4. The van der Waals surface area contributed by atoms with Gasteiger partial charge in [-0.25, -0.2) is 0 Å². The third kappa shape index (κ3) is 7.28. The van der Waals surface area contributed by atoms with Crippen LogP contribution in [0.3, 0.4) is 0 Å². The van der Waals surface area contributed by atoms with Crippen molar-refractivity contribution in [2.45, 2.75) is 100 Å². The second-order valence-corrected chi connectivity index (χ2v) is 15.8. The number of carbonyl (C=O) groups is 2. The standard InChI is InChI=1S/C45H58N4O5/c1-11-29-25(6)32-20-34-27(8)31(16-17-38(50)54-19-18-24(5)15-13-14-23(3)4)42(48-34)40-41(45(52)53-10)44(51)39-28(9)35(49-43(39)40)22-37-30(12-2)26(7)33(47-37)21-36(29)46-32/h11,18,20-23,27,31,38,41,46-50H,1,12-17,19H2,2-10H3/b24-18-,33-21-,34-20-,37-22-,42-40-/t27-,31-,38?,41+/m0/s1. The van der Waals surface area contributed by atoms with Gasteiger partial charge in [0.25, 0.3) is 0 Å². The zero-order valence-corrected chi connectivity index (χ0v) is 33.5. The number of hydrogen-bond donors (Lipinski definition) is 5. The van der Waals surface area contributed by atoms with Gasteiger partial charge < -0.3 is 34.8 Å². The van der Waals surface area contributed by atoms with E-state index in [9.17, 15) is 14.7 Å². The third-order valence-corrected chi connectivity index (χ3v) is 11.9. The average Bonchev–Trinajstić information content (AvgIpc) is 3.87. The number of aliphatic hydroxyl groups is 1. The van der Waals surface area contributed by atoms with Crippen LogP contribution in [0, 0.1) is 44.4 Å². The molecular formula is C45H58N4O5. The number of ketones is 1. The van der Waals surface area contributed by atoms with E-state index in [-0.39, 0.29) is 17.6 Å². The number of aliphatic hydroxyl groups excluding tert-OH is 1. The number of allylic oxidation sites excluding steroid dienone is 3. The molecule has 2 aliphatic heterocycles. The first kappa shape index (κ1) is 39.1. The minimum atomic E-state index is -1.12. The first-order valence-electron chi connectivity index (χ1n) is 19.6. The van der Waals surface area contributed by atoms with E-state index in [4.69, 9.17) is 9.47 Å². The molecule has 5 N–H and O–H groups in total. The SMILES string of the molecule is C=Cc1c2[nH]c(c1C)/C=C1\N/C(=C3\c4[nH]c(c(C)c4C(=O)[C@@H]3C(=O)OC)/C=c3\[nH]/c(c(C)c3CC)=C\2)[C@@H](CCC(O)OC/C=C(/C)CCCC(C)C)[C@@H]1C. The van der Waals surface area contributed by atoms with Crippen molar-refractivity contribution in [3.8, 4) is 0 Å². The lowest BCUT2D eigenvalue weighted by Gasteiger charge is -2.21. The number of methoxy groups -OCH3 is 1. The van der Waals surface area contributed by atoms with Crippen LogP contribution in [0.25, 0.3) is 29.9 Å². The highest BCUT2D eigenvalue weighted by Crippen LogP contribution is 2.48. The predicted molar refractivity (Wildman–Crippen MR) is 217 cm³/mol. The Morgan fingerprint density at radius 1 is 1.00 bits per heavy atom. The molecule has 0 saturated carbocycles. The summed E-state index contributed by atoms with van der Waals surface area (Å²) in [5, 5.41) is 16.7. The summed E-state index contributed by atoms with van der Waals surface area (Å²) in [5.74, 6) is -1.50. The molecule has 0 aromatic carbocycles. The molecule has 0 radical (unpaired) electrons. The van der Waals surface area contributed by atoms with Crippen molar-refractivity contribution in [1.82, 2.24) is 20.3 Å². The van der Waals surface area contributed by atoms with Gasteiger partial charge in [-0.15, -0.1) is 0 Å². The van der Waals surface area contributed by atoms with Crippen molar-refractivity contribution in [2.75, 3.05) is 13.7 Å². The molecule has 0 spiro atoms. The quantitative estimate of drug-likeness (QED) is 0.0544.